The number of aryl methyl sites for hydroxylation is 3. The zero-order valence-electron chi connectivity index (χ0n) is 18.7. The molecule has 1 N–H and O–H groups in total. The maximum Gasteiger partial charge on any atom is 0.212 e. The molecule has 31 heavy (non-hydrogen) atoms. The molecule has 3 aromatic rings. The van der Waals surface area contributed by atoms with Gasteiger partial charge in [0, 0.05) is 29.5 Å². The highest BCUT2D eigenvalue weighted by atomic mass is 32.2. The number of nitrogens with one attached hydrogen (secondary N) is 1. The molecule has 0 saturated carbocycles. The maximum atomic E-state index is 13.4. The number of hydrogen-bond donors (Lipinski definition) is 1. The van der Waals surface area contributed by atoms with Gasteiger partial charge in [0.05, 0.1) is 10.6 Å². The second-order valence-corrected chi connectivity index (χ2v) is 10.3. The van der Waals surface area contributed by atoms with E-state index in [0.29, 0.717) is 30.3 Å². The number of piperidine rings is 1. The lowest BCUT2D eigenvalue weighted by Gasteiger charge is -2.29. The number of sulfone groups is 1. The highest BCUT2D eigenvalue weighted by molar-refractivity contribution is 7.91. The summed E-state index contributed by atoms with van der Waals surface area (Å²) in [5.41, 5.74) is 3.84. The molecule has 7 nitrogen and oxygen atoms in total. The number of benzene rings is 1. The van der Waals surface area contributed by atoms with Gasteiger partial charge in [0.25, 0.3) is 0 Å². The van der Waals surface area contributed by atoms with Crippen molar-refractivity contribution in [2.24, 2.45) is 0 Å². The quantitative estimate of drug-likeness (QED) is 0.634. The first kappa shape index (κ1) is 21.9. The molecule has 1 saturated heterocycles. The smallest absolute Gasteiger partial charge is 0.212 e. The molecule has 0 radical (unpaired) electrons. The molecule has 1 aliphatic rings. The number of likely N-dealkylation sites (tertiary alicyclic amines) is 1. The monoisotopic (exact) mass is 441 g/mol. The van der Waals surface area contributed by atoms with Crippen LogP contribution in [0.1, 0.15) is 42.4 Å². The van der Waals surface area contributed by atoms with Gasteiger partial charge < -0.3 is 10.2 Å². The van der Waals surface area contributed by atoms with Crippen LogP contribution < -0.4 is 5.32 Å². The summed E-state index contributed by atoms with van der Waals surface area (Å²) >= 11 is 0. The van der Waals surface area contributed by atoms with Crippen molar-refractivity contribution in [1.29, 1.82) is 0 Å². The molecule has 0 unspecified atom stereocenters. The minimum Gasteiger partial charge on any atom is -0.310 e. The van der Waals surface area contributed by atoms with Gasteiger partial charge in [-0.1, -0.05) is 25.1 Å². The van der Waals surface area contributed by atoms with Gasteiger partial charge >= 0.3 is 0 Å². The van der Waals surface area contributed by atoms with Crippen LogP contribution in [0, 0.1) is 13.8 Å². The van der Waals surface area contributed by atoms with Crippen molar-refractivity contribution in [2.75, 3.05) is 20.1 Å². The topological polar surface area (TPSA) is 79.6 Å². The van der Waals surface area contributed by atoms with Crippen molar-refractivity contribution in [3.63, 3.8) is 0 Å². The molecule has 1 aliphatic heterocycles. The lowest BCUT2D eigenvalue weighted by Crippen LogP contribution is -2.40. The Kier molecular flexibility index (Phi) is 6.14. The molecule has 166 valence electrons. The molecule has 0 spiro atoms. The third kappa shape index (κ3) is 4.12. The van der Waals surface area contributed by atoms with E-state index in [2.05, 4.69) is 22.4 Å². The standard InChI is InChI=1S/C23H31N5O2S/c1-5-21-22(31(29,30)19-9-7-6-8-10-19)23-25-16(2)20(17(3)28(23)26-21)15-24-18-11-13-27(4)14-12-18/h6-10,18,24H,5,11-15H2,1-4H3. The molecular formula is C23H31N5O2S. The Bertz CT molecular complexity index is 1180. The number of nitrogens with zero attached hydrogens (tertiary/aromatic N) is 4. The van der Waals surface area contributed by atoms with Crippen molar-refractivity contribution in [3.8, 4) is 0 Å². The summed E-state index contributed by atoms with van der Waals surface area (Å²) in [6, 6.07) is 9.02. The molecule has 0 bridgehead atoms. The summed E-state index contributed by atoms with van der Waals surface area (Å²) in [6.07, 6.45) is 2.78. The van der Waals surface area contributed by atoms with Crippen LogP contribution in [-0.2, 0) is 22.8 Å². The summed E-state index contributed by atoms with van der Waals surface area (Å²) in [6.45, 7) is 8.79. The molecule has 0 amide bonds. The van der Waals surface area contributed by atoms with Crippen molar-refractivity contribution in [1.82, 2.24) is 24.8 Å². The molecule has 1 aromatic carbocycles. The molecule has 0 aliphatic carbocycles. The Balaban J connectivity index is 1.74. The molecule has 8 heteroatoms. The van der Waals surface area contributed by atoms with Crippen molar-refractivity contribution < 1.29 is 8.42 Å². The average molecular weight is 442 g/mol. The first-order chi connectivity index (χ1) is 14.8. The summed E-state index contributed by atoms with van der Waals surface area (Å²) in [5, 5.41) is 8.34. The largest absolute Gasteiger partial charge is 0.310 e. The van der Waals surface area contributed by atoms with Crippen LogP contribution in [0.2, 0.25) is 0 Å². The second kappa shape index (κ2) is 8.68. The molecule has 0 atom stereocenters. The lowest BCUT2D eigenvalue weighted by molar-refractivity contribution is 0.234. The first-order valence-electron chi connectivity index (χ1n) is 10.9. The van der Waals surface area contributed by atoms with Crippen molar-refractivity contribution in [2.45, 2.75) is 62.4 Å². The Morgan fingerprint density at radius 3 is 2.45 bits per heavy atom. The Morgan fingerprint density at radius 2 is 1.81 bits per heavy atom. The Labute approximate surface area is 184 Å². The first-order valence-corrected chi connectivity index (χ1v) is 12.4. The number of aromatic nitrogens is 3. The zero-order chi connectivity index (χ0) is 22.2. The van der Waals surface area contributed by atoms with E-state index in [9.17, 15) is 8.42 Å². The minimum absolute atomic E-state index is 0.224. The van der Waals surface area contributed by atoms with Gasteiger partial charge in [-0.05, 0) is 65.4 Å². The summed E-state index contributed by atoms with van der Waals surface area (Å²) in [4.78, 5) is 7.59. The fraction of sp³-hybridized carbons (Fsp3) is 0.478. The molecule has 4 rings (SSSR count). The van der Waals surface area contributed by atoms with E-state index in [4.69, 9.17) is 4.98 Å². The van der Waals surface area contributed by atoms with E-state index in [0.717, 1.165) is 42.9 Å². The normalized spacial score (nSPS) is 16.3. The van der Waals surface area contributed by atoms with Crippen molar-refractivity contribution >= 4 is 15.5 Å². The summed E-state index contributed by atoms with van der Waals surface area (Å²) in [5.74, 6) is 0. The Hall–Kier alpha value is -2.29. The van der Waals surface area contributed by atoms with Crippen LogP contribution in [-0.4, -0.2) is 54.1 Å². The molecule has 1 fully saturated rings. The Morgan fingerprint density at radius 1 is 1.13 bits per heavy atom. The van der Waals surface area contributed by atoms with Crippen LogP contribution in [0.15, 0.2) is 40.1 Å². The van der Waals surface area contributed by atoms with Crippen LogP contribution in [0.25, 0.3) is 5.65 Å². The highest BCUT2D eigenvalue weighted by Crippen LogP contribution is 2.29. The van der Waals surface area contributed by atoms with Gasteiger partial charge in [0.15, 0.2) is 5.65 Å². The van der Waals surface area contributed by atoms with E-state index in [1.54, 1.807) is 28.8 Å². The van der Waals surface area contributed by atoms with Crippen LogP contribution in [0.5, 0.6) is 0 Å². The van der Waals surface area contributed by atoms with Gasteiger partial charge in [-0.2, -0.15) is 5.10 Å². The maximum absolute atomic E-state index is 13.4. The third-order valence-corrected chi connectivity index (χ3v) is 8.14. The van der Waals surface area contributed by atoms with E-state index in [1.165, 1.54) is 0 Å². The van der Waals surface area contributed by atoms with E-state index in [-0.39, 0.29) is 9.79 Å². The fourth-order valence-corrected chi connectivity index (χ4v) is 5.94. The average Bonchev–Trinajstić information content (AvgIpc) is 3.15. The highest BCUT2D eigenvalue weighted by Gasteiger charge is 2.29. The number of fused-ring (bicyclic) bond motifs is 1. The molecular weight excluding hydrogens is 410 g/mol. The van der Waals surface area contributed by atoms with Crippen LogP contribution in [0.4, 0.5) is 0 Å². The summed E-state index contributed by atoms with van der Waals surface area (Å²) in [7, 11) is -1.55. The van der Waals surface area contributed by atoms with E-state index < -0.39 is 9.84 Å². The van der Waals surface area contributed by atoms with Gasteiger partial charge in [-0.25, -0.2) is 17.9 Å². The molecule has 2 aromatic heterocycles. The van der Waals surface area contributed by atoms with Gasteiger partial charge in [0.2, 0.25) is 9.84 Å². The SMILES string of the molecule is CCc1nn2c(C)c(CNC3CCN(C)CC3)c(C)nc2c1S(=O)(=O)c1ccccc1. The van der Waals surface area contributed by atoms with Gasteiger partial charge in [-0.15, -0.1) is 0 Å². The predicted molar refractivity (Wildman–Crippen MR) is 121 cm³/mol. The third-order valence-electron chi connectivity index (χ3n) is 6.29. The zero-order valence-corrected chi connectivity index (χ0v) is 19.5. The van der Waals surface area contributed by atoms with Gasteiger partial charge in [0.1, 0.15) is 4.90 Å². The van der Waals surface area contributed by atoms with E-state index >= 15 is 0 Å². The van der Waals surface area contributed by atoms with Crippen LogP contribution >= 0.6 is 0 Å². The molecule has 3 heterocycles. The number of hydrogen-bond acceptors (Lipinski definition) is 6. The fourth-order valence-electron chi connectivity index (χ4n) is 4.33. The lowest BCUT2D eigenvalue weighted by atomic mass is 10.0. The predicted octanol–water partition coefficient (Wildman–Crippen LogP) is 2.93. The van der Waals surface area contributed by atoms with Gasteiger partial charge in [-0.3, -0.25) is 0 Å². The minimum atomic E-state index is -3.71. The van der Waals surface area contributed by atoms with Crippen LogP contribution in [0.3, 0.4) is 0 Å². The van der Waals surface area contributed by atoms with E-state index in [1.807, 2.05) is 26.8 Å². The van der Waals surface area contributed by atoms with Crippen molar-refractivity contribution in [3.05, 3.63) is 53.0 Å². The number of rotatable bonds is 6. The second-order valence-electron chi connectivity index (χ2n) is 8.40. The summed E-state index contributed by atoms with van der Waals surface area (Å²) < 4.78 is 28.6.